The molecule has 108 valence electrons. The molecule has 20 heavy (non-hydrogen) atoms. The highest BCUT2D eigenvalue weighted by molar-refractivity contribution is 9.10. The summed E-state index contributed by atoms with van der Waals surface area (Å²) in [4.78, 5) is 0. The lowest BCUT2D eigenvalue weighted by molar-refractivity contribution is 0.276. The van der Waals surface area contributed by atoms with E-state index in [1.165, 1.54) is 0 Å². The van der Waals surface area contributed by atoms with Gasteiger partial charge in [0, 0.05) is 17.6 Å². The minimum absolute atomic E-state index is 0.139. The number of anilines is 1. The average Bonchev–Trinajstić information content (AvgIpc) is 2.90. The van der Waals surface area contributed by atoms with Crippen LogP contribution in [0.15, 0.2) is 22.8 Å². The number of hydrogen-bond donors (Lipinski definition) is 2. The topological polar surface area (TPSA) is 63.0 Å². The molecule has 2 N–H and O–H groups in total. The van der Waals surface area contributed by atoms with E-state index in [0.717, 1.165) is 15.9 Å². The van der Waals surface area contributed by atoms with Gasteiger partial charge in [0.25, 0.3) is 0 Å². The van der Waals surface area contributed by atoms with Crippen molar-refractivity contribution in [2.24, 2.45) is 0 Å². The lowest BCUT2D eigenvalue weighted by Gasteiger charge is -2.08. The molecular weight excluding hydrogens is 367 g/mol. The van der Waals surface area contributed by atoms with Crippen molar-refractivity contribution in [3.63, 3.8) is 0 Å². The van der Waals surface area contributed by atoms with Gasteiger partial charge in [0.15, 0.2) is 0 Å². The molecule has 0 aliphatic carbocycles. The molecule has 1 heterocycles. The molecule has 0 saturated carbocycles. The number of aliphatic hydroxyl groups is 1. The van der Waals surface area contributed by atoms with Crippen LogP contribution in [0.3, 0.4) is 0 Å². The lowest BCUT2D eigenvalue weighted by Crippen LogP contribution is -2.01. The molecule has 0 unspecified atom stereocenters. The van der Waals surface area contributed by atoms with Gasteiger partial charge in [-0.25, -0.2) is 0 Å². The van der Waals surface area contributed by atoms with Gasteiger partial charge >= 0.3 is 0 Å². The molecule has 0 aliphatic heterocycles. The Bertz CT molecular complexity index is 591. The zero-order valence-corrected chi connectivity index (χ0v) is 13.6. The van der Waals surface area contributed by atoms with Gasteiger partial charge < -0.3 is 10.4 Å². The van der Waals surface area contributed by atoms with Crippen molar-refractivity contribution in [2.45, 2.75) is 19.5 Å². The SMILES string of the molecule is OCCCn1cc(CNc2ccc(Br)c(Cl)c2Cl)nn1. The van der Waals surface area contributed by atoms with E-state index in [9.17, 15) is 0 Å². The largest absolute Gasteiger partial charge is 0.396 e. The van der Waals surface area contributed by atoms with Crippen LogP contribution in [0.4, 0.5) is 5.69 Å². The Kier molecular flexibility index (Phi) is 5.65. The summed E-state index contributed by atoms with van der Waals surface area (Å²) in [5.41, 5.74) is 1.53. The Balaban J connectivity index is 1.98. The molecule has 0 saturated heterocycles. The fraction of sp³-hybridized carbons (Fsp3) is 0.333. The fourth-order valence-electron chi connectivity index (χ4n) is 1.61. The third-order valence-corrected chi connectivity index (χ3v) is 4.40. The summed E-state index contributed by atoms with van der Waals surface area (Å²) in [5, 5.41) is 20.9. The Morgan fingerprint density at radius 1 is 1.30 bits per heavy atom. The van der Waals surface area contributed by atoms with E-state index in [0.29, 0.717) is 29.6 Å². The second kappa shape index (κ2) is 7.26. The molecule has 2 rings (SSSR count). The van der Waals surface area contributed by atoms with Crippen molar-refractivity contribution >= 4 is 44.8 Å². The molecule has 1 aromatic heterocycles. The maximum atomic E-state index is 8.76. The first-order valence-electron chi connectivity index (χ1n) is 5.99. The molecule has 2 aromatic rings. The van der Waals surface area contributed by atoms with Gasteiger partial charge in [-0.15, -0.1) is 5.10 Å². The highest BCUT2D eigenvalue weighted by Gasteiger charge is 2.09. The number of aryl methyl sites for hydroxylation is 1. The van der Waals surface area contributed by atoms with Gasteiger partial charge in [0.05, 0.1) is 28.5 Å². The van der Waals surface area contributed by atoms with Gasteiger partial charge in [-0.3, -0.25) is 4.68 Å². The van der Waals surface area contributed by atoms with Gasteiger partial charge in [0.2, 0.25) is 0 Å². The van der Waals surface area contributed by atoms with Crippen LogP contribution < -0.4 is 5.32 Å². The molecule has 0 amide bonds. The average molecular weight is 380 g/mol. The zero-order valence-electron chi connectivity index (χ0n) is 10.5. The van der Waals surface area contributed by atoms with Crippen molar-refractivity contribution in [1.29, 1.82) is 0 Å². The van der Waals surface area contributed by atoms with E-state index >= 15 is 0 Å². The van der Waals surface area contributed by atoms with Gasteiger partial charge in [-0.1, -0.05) is 28.4 Å². The Labute approximate surface area is 135 Å². The van der Waals surface area contributed by atoms with Gasteiger partial charge in [0.1, 0.15) is 5.69 Å². The molecule has 0 atom stereocenters. The molecule has 0 fully saturated rings. The molecule has 0 aliphatic rings. The Morgan fingerprint density at radius 3 is 2.85 bits per heavy atom. The second-order valence-corrected chi connectivity index (χ2v) is 5.74. The predicted octanol–water partition coefficient (Wildman–Crippen LogP) is 3.34. The van der Waals surface area contributed by atoms with E-state index in [1.54, 1.807) is 4.68 Å². The minimum Gasteiger partial charge on any atom is -0.396 e. The number of nitrogens with zero attached hydrogens (tertiary/aromatic N) is 3. The summed E-state index contributed by atoms with van der Waals surface area (Å²) in [6.45, 7) is 1.28. The van der Waals surface area contributed by atoms with E-state index in [1.807, 2.05) is 18.3 Å². The Morgan fingerprint density at radius 2 is 2.10 bits per heavy atom. The van der Waals surface area contributed by atoms with Gasteiger partial charge in [-0.05, 0) is 34.5 Å². The van der Waals surface area contributed by atoms with Crippen molar-refractivity contribution in [2.75, 3.05) is 11.9 Å². The molecular formula is C12H13BrCl2N4O. The minimum atomic E-state index is 0.139. The summed E-state index contributed by atoms with van der Waals surface area (Å²) < 4.78 is 2.45. The number of benzene rings is 1. The first kappa shape index (κ1) is 15.6. The second-order valence-electron chi connectivity index (χ2n) is 4.13. The highest BCUT2D eigenvalue weighted by Crippen LogP contribution is 2.35. The van der Waals surface area contributed by atoms with Crippen LogP contribution in [0.2, 0.25) is 10.0 Å². The number of aliphatic hydroxyl groups excluding tert-OH is 1. The molecule has 0 radical (unpaired) electrons. The van der Waals surface area contributed by atoms with Crippen molar-refractivity contribution in [1.82, 2.24) is 15.0 Å². The van der Waals surface area contributed by atoms with E-state index in [2.05, 4.69) is 31.6 Å². The summed E-state index contributed by atoms with van der Waals surface area (Å²) in [6, 6.07) is 3.67. The predicted molar refractivity (Wildman–Crippen MR) is 83.2 cm³/mol. The first-order chi connectivity index (χ1) is 9.61. The maximum absolute atomic E-state index is 8.76. The van der Waals surface area contributed by atoms with Crippen LogP contribution in [0.5, 0.6) is 0 Å². The van der Waals surface area contributed by atoms with Crippen molar-refractivity contribution in [3.05, 3.63) is 38.5 Å². The van der Waals surface area contributed by atoms with Crippen molar-refractivity contribution in [3.8, 4) is 0 Å². The monoisotopic (exact) mass is 378 g/mol. The van der Waals surface area contributed by atoms with E-state index in [4.69, 9.17) is 28.3 Å². The first-order valence-corrected chi connectivity index (χ1v) is 7.54. The highest BCUT2D eigenvalue weighted by atomic mass is 79.9. The smallest absolute Gasteiger partial charge is 0.102 e. The number of hydrogen-bond acceptors (Lipinski definition) is 4. The van der Waals surface area contributed by atoms with Crippen molar-refractivity contribution < 1.29 is 5.11 Å². The maximum Gasteiger partial charge on any atom is 0.102 e. The lowest BCUT2D eigenvalue weighted by atomic mass is 10.3. The fourth-order valence-corrected chi connectivity index (χ4v) is 2.45. The standard InChI is InChI=1S/C12H13BrCl2N4O/c13-9-2-3-10(12(15)11(9)14)16-6-8-7-19(18-17-8)4-1-5-20/h2-3,7,16,20H,1,4-6H2. The zero-order chi connectivity index (χ0) is 14.5. The molecule has 0 spiro atoms. The van der Waals surface area contributed by atoms with Gasteiger partial charge in [-0.2, -0.15) is 0 Å². The third kappa shape index (κ3) is 3.85. The number of nitrogens with one attached hydrogen (secondary N) is 1. The summed E-state index contributed by atoms with van der Waals surface area (Å²) in [7, 11) is 0. The quantitative estimate of drug-likeness (QED) is 0.755. The summed E-state index contributed by atoms with van der Waals surface area (Å²) in [6.07, 6.45) is 2.49. The normalized spacial score (nSPS) is 10.8. The molecule has 8 heteroatoms. The third-order valence-electron chi connectivity index (χ3n) is 2.63. The van der Waals surface area contributed by atoms with Crippen LogP contribution >= 0.6 is 39.1 Å². The van der Waals surface area contributed by atoms with E-state index in [-0.39, 0.29) is 6.61 Å². The molecule has 1 aromatic carbocycles. The molecule has 0 bridgehead atoms. The van der Waals surface area contributed by atoms with Crippen LogP contribution in [-0.2, 0) is 13.1 Å². The molecule has 5 nitrogen and oxygen atoms in total. The Hall–Kier alpha value is -0.820. The van der Waals surface area contributed by atoms with Crippen LogP contribution in [0.1, 0.15) is 12.1 Å². The summed E-state index contributed by atoms with van der Waals surface area (Å²) in [5.74, 6) is 0. The summed E-state index contributed by atoms with van der Waals surface area (Å²) >= 11 is 15.5. The van der Waals surface area contributed by atoms with Crippen LogP contribution in [0.25, 0.3) is 0 Å². The van der Waals surface area contributed by atoms with Crippen LogP contribution in [0, 0.1) is 0 Å². The van der Waals surface area contributed by atoms with E-state index < -0.39 is 0 Å². The van der Waals surface area contributed by atoms with Crippen LogP contribution in [-0.4, -0.2) is 26.7 Å². The number of halogens is 3. The number of aromatic nitrogens is 3. The number of rotatable bonds is 6.